The van der Waals surface area contributed by atoms with Gasteiger partial charge in [-0.2, -0.15) is 0 Å². The molecule has 0 spiro atoms. The number of rotatable bonds is 5. The largest absolute Gasteiger partial charge is 0.481 e. The standard InChI is InChI=1S/C21H26F2N2O3S2/c1-21(2,3)28-20(26)25-7-5-13(6-8-25)19-24-14(12-30-19)11-27-18-16(22)9-15(29-4)10-17(18)23/h9-10,12-13H,5-8,11H2,1-4H3. The summed E-state index contributed by atoms with van der Waals surface area (Å²) in [5, 5.41) is 2.80. The Morgan fingerprint density at radius 3 is 2.47 bits per heavy atom. The summed E-state index contributed by atoms with van der Waals surface area (Å²) < 4.78 is 38.9. The van der Waals surface area contributed by atoms with Crippen molar-refractivity contribution in [3.05, 3.63) is 39.8 Å². The number of hydrogen-bond donors (Lipinski definition) is 0. The Labute approximate surface area is 183 Å². The highest BCUT2D eigenvalue weighted by Crippen LogP contribution is 2.32. The summed E-state index contributed by atoms with van der Waals surface area (Å²) >= 11 is 2.77. The molecule has 1 amide bonds. The third kappa shape index (κ3) is 5.85. The summed E-state index contributed by atoms with van der Waals surface area (Å²) in [4.78, 5) is 19.0. The smallest absolute Gasteiger partial charge is 0.410 e. The molecular weight excluding hydrogens is 430 g/mol. The van der Waals surface area contributed by atoms with Crippen LogP contribution in [0.1, 0.15) is 50.2 Å². The van der Waals surface area contributed by atoms with E-state index in [0.29, 0.717) is 23.7 Å². The van der Waals surface area contributed by atoms with Crippen molar-refractivity contribution in [2.45, 2.75) is 56.6 Å². The number of carbonyl (C=O) groups is 1. The van der Waals surface area contributed by atoms with Crippen molar-refractivity contribution in [3.8, 4) is 5.75 Å². The van der Waals surface area contributed by atoms with Gasteiger partial charge in [0, 0.05) is 29.3 Å². The SMILES string of the molecule is CSc1cc(F)c(OCc2csc(C3CCN(C(=O)OC(C)(C)C)CC3)n2)c(F)c1. The predicted molar refractivity (Wildman–Crippen MR) is 114 cm³/mol. The van der Waals surface area contributed by atoms with Gasteiger partial charge in [-0.05, 0) is 52.0 Å². The quantitative estimate of drug-likeness (QED) is 0.529. The summed E-state index contributed by atoms with van der Waals surface area (Å²) in [6, 6.07) is 2.52. The monoisotopic (exact) mass is 456 g/mol. The maximum absolute atomic E-state index is 14.1. The van der Waals surface area contributed by atoms with Gasteiger partial charge in [-0.15, -0.1) is 23.1 Å². The topological polar surface area (TPSA) is 51.7 Å². The lowest BCUT2D eigenvalue weighted by molar-refractivity contribution is 0.0204. The fraction of sp³-hybridized carbons (Fsp3) is 0.524. The van der Waals surface area contributed by atoms with E-state index in [-0.39, 0.29) is 24.4 Å². The van der Waals surface area contributed by atoms with Crippen LogP contribution in [-0.2, 0) is 11.3 Å². The molecule has 0 atom stereocenters. The number of aromatic nitrogens is 1. The molecule has 1 saturated heterocycles. The number of amides is 1. The van der Waals surface area contributed by atoms with Gasteiger partial charge < -0.3 is 14.4 Å². The van der Waals surface area contributed by atoms with Crippen LogP contribution in [0.5, 0.6) is 5.75 Å². The van der Waals surface area contributed by atoms with Crippen molar-refractivity contribution in [3.63, 3.8) is 0 Å². The second kappa shape index (κ2) is 9.51. The van der Waals surface area contributed by atoms with Crippen LogP contribution < -0.4 is 4.74 Å². The molecule has 0 saturated carbocycles. The number of ether oxygens (including phenoxy) is 2. The molecule has 2 aromatic rings. The van der Waals surface area contributed by atoms with Crippen LogP contribution in [0.3, 0.4) is 0 Å². The Balaban J connectivity index is 1.54. The molecule has 1 fully saturated rings. The number of carbonyl (C=O) groups excluding carboxylic acids is 1. The molecular formula is C21H26F2N2O3S2. The van der Waals surface area contributed by atoms with Crippen LogP contribution in [0.15, 0.2) is 22.4 Å². The van der Waals surface area contributed by atoms with E-state index < -0.39 is 17.2 Å². The molecule has 0 unspecified atom stereocenters. The van der Waals surface area contributed by atoms with Gasteiger partial charge in [0.15, 0.2) is 17.4 Å². The molecule has 0 aliphatic carbocycles. The minimum absolute atomic E-state index is 0.000290. The summed E-state index contributed by atoms with van der Waals surface area (Å²) in [6.07, 6.45) is 3.06. The van der Waals surface area contributed by atoms with Gasteiger partial charge in [0.25, 0.3) is 0 Å². The zero-order chi connectivity index (χ0) is 21.9. The van der Waals surface area contributed by atoms with E-state index in [9.17, 15) is 13.6 Å². The fourth-order valence-corrected chi connectivity index (χ4v) is 4.57. The van der Waals surface area contributed by atoms with Gasteiger partial charge in [0.1, 0.15) is 12.2 Å². The number of piperidine rings is 1. The molecule has 9 heteroatoms. The molecule has 1 aliphatic heterocycles. The normalized spacial score (nSPS) is 15.3. The lowest BCUT2D eigenvalue weighted by Gasteiger charge is -2.32. The van der Waals surface area contributed by atoms with Crippen molar-refractivity contribution < 1.29 is 23.0 Å². The van der Waals surface area contributed by atoms with Crippen molar-refractivity contribution in [1.29, 1.82) is 0 Å². The van der Waals surface area contributed by atoms with Crippen molar-refractivity contribution >= 4 is 29.2 Å². The molecule has 0 N–H and O–H groups in total. The van der Waals surface area contributed by atoms with Crippen molar-refractivity contribution in [2.75, 3.05) is 19.3 Å². The molecule has 0 bridgehead atoms. The molecule has 3 rings (SSSR count). The first kappa shape index (κ1) is 22.8. The third-order valence-corrected chi connectivity index (χ3v) is 6.40. The van der Waals surface area contributed by atoms with E-state index in [1.807, 2.05) is 26.2 Å². The highest BCUT2D eigenvalue weighted by Gasteiger charge is 2.28. The summed E-state index contributed by atoms with van der Waals surface area (Å²) in [6.45, 7) is 6.79. The number of nitrogens with zero attached hydrogens (tertiary/aromatic N) is 2. The highest BCUT2D eigenvalue weighted by molar-refractivity contribution is 7.98. The molecule has 5 nitrogen and oxygen atoms in total. The predicted octanol–water partition coefficient (Wildman–Crippen LogP) is 5.84. The number of thiazole rings is 1. The first-order chi connectivity index (χ1) is 14.2. The molecule has 30 heavy (non-hydrogen) atoms. The Hall–Kier alpha value is -1.87. The minimum atomic E-state index is -0.718. The highest BCUT2D eigenvalue weighted by atomic mass is 32.2. The first-order valence-corrected chi connectivity index (χ1v) is 11.8. The zero-order valence-electron chi connectivity index (χ0n) is 17.5. The van der Waals surface area contributed by atoms with E-state index in [4.69, 9.17) is 9.47 Å². The molecule has 1 aliphatic rings. The molecule has 1 aromatic heterocycles. The number of likely N-dealkylation sites (tertiary alicyclic amines) is 1. The average Bonchev–Trinajstić information content (AvgIpc) is 3.15. The van der Waals surface area contributed by atoms with Crippen molar-refractivity contribution in [1.82, 2.24) is 9.88 Å². The lowest BCUT2D eigenvalue weighted by Crippen LogP contribution is -2.41. The Morgan fingerprint density at radius 2 is 1.90 bits per heavy atom. The summed E-state index contributed by atoms with van der Waals surface area (Å²) in [5.41, 5.74) is 0.129. The van der Waals surface area contributed by atoms with Gasteiger partial charge >= 0.3 is 6.09 Å². The molecule has 2 heterocycles. The van der Waals surface area contributed by atoms with Crippen LogP contribution in [-0.4, -0.2) is 40.9 Å². The van der Waals surface area contributed by atoms with Crippen molar-refractivity contribution in [2.24, 2.45) is 0 Å². The molecule has 164 valence electrons. The first-order valence-electron chi connectivity index (χ1n) is 9.74. The Bertz CT molecular complexity index is 868. The van der Waals surface area contributed by atoms with Crippen LogP contribution in [0.25, 0.3) is 0 Å². The number of hydrogen-bond acceptors (Lipinski definition) is 6. The van der Waals surface area contributed by atoms with E-state index in [0.717, 1.165) is 17.8 Å². The average molecular weight is 457 g/mol. The number of thioether (sulfide) groups is 1. The molecule has 1 aromatic carbocycles. The maximum Gasteiger partial charge on any atom is 0.410 e. The van der Waals surface area contributed by atoms with E-state index in [1.54, 1.807) is 11.2 Å². The third-order valence-electron chi connectivity index (χ3n) is 4.64. The minimum Gasteiger partial charge on any atom is -0.481 e. The van der Waals surface area contributed by atoms with Gasteiger partial charge in [-0.1, -0.05) is 0 Å². The second-order valence-corrected chi connectivity index (χ2v) is 9.90. The summed E-state index contributed by atoms with van der Waals surface area (Å²) in [5.74, 6) is -1.57. The van der Waals surface area contributed by atoms with Gasteiger partial charge in [0.05, 0.1) is 10.7 Å². The summed E-state index contributed by atoms with van der Waals surface area (Å²) in [7, 11) is 0. The Kier molecular flexibility index (Phi) is 7.23. The number of benzene rings is 1. The Morgan fingerprint density at radius 1 is 1.27 bits per heavy atom. The second-order valence-electron chi connectivity index (χ2n) is 8.13. The fourth-order valence-electron chi connectivity index (χ4n) is 3.15. The van der Waals surface area contributed by atoms with E-state index in [2.05, 4.69) is 4.98 Å². The van der Waals surface area contributed by atoms with Gasteiger partial charge in [0.2, 0.25) is 0 Å². The maximum atomic E-state index is 14.1. The van der Waals surface area contributed by atoms with E-state index >= 15 is 0 Å². The number of halogens is 2. The van der Waals surface area contributed by atoms with Crippen LogP contribution >= 0.6 is 23.1 Å². The van der Waals surface area contributed by atoms with Gasteiger partial charge in [-0.3, -0.25) is 0 Å². The van der Waals surface area contributed by atoms with Crippen LogP contribution in [0.4, 0.5) is 13.6 Å². The lowest BCUT2D eigenvalue weighted by atomic mass is 9.98. The van der Waals surface area contributed by atoms with Crippen LogP contribution in [0.2, 0.25) is 0 Å². The van der Waals surface area contributed by atoms with Crippen LogP contribution in [0, 0.1) is 11.6 Å². The van der Waals surface area contributed by atoms with Gasteiger partial charge in [-0.25, -0.2) is 18.6 Å². The molecule has 0 radical (unpaired) electrons. The zero-order valence-corrected chi connectivity index (χ0v) is 19.2. The van der Waals surface area contributed by atoms with E-state index in [1.165, 1.54) is 35.2 Å².